The van der Waals surface area contributed by atoms with Crippen LogP contribution in [-0.4, -0.2) is 40.2 Å². The van der Waals surface area contributed by atoms with Crippen molar-refractivity contribution in [1.29, 1.82) is 0 Å². The Labute approximate surface area is 123 Å². The van der Waals surface area contributed by atoms with Gasteiger partial charge >= 0.3 is 0 Å². The molecule has 0 aliphatic carbocycles. The molecule has 20 heavy (non-hydrogen) atoms. The number of fused-ring (bicyclic) bond motifs is 1. The molecule has 0 radical (unpaired) electrons. The number of rotatable bonds is 2. The van der Waals surface area contributed by atoms with Crippen LogP contribution in [0, 0.1) is 0 Å². The first-order valence-electron chi connectivity index (χ1n) is 6.93. The highest BCUT2D eigenvalue weighted by Gasteiger charge is 2.45. The summed E-state index contributed by atoms with van der Waals surface area (Å²) >= 11 is 5.97. The lowest BCUT2D eigenvalue weighted by molar-refractivity contribution is -0.159. The molecule has 106 valence electrons. The Bertz CT molecular complexity index is 561. The van der Waals surface area contributed by atoms with E-state index < -0.39 is 6.04 Å². The van der Waals surface area contributed by atoms with Crippen molar-refractivity contribution in [3.05, 3.63) is 34.9 Å². The molecule has 2 amide bonds. The summed E-state index contributed by atoms with van der Waals surface area (Å²) in [5, 5.41) is 0.647. The van der Waals surface area contributed by atoms with Gasteiger partial charge in [-0.1, -0.05) is 23.7 Å². The van der Waals surface area contributed by atoms with Crippen LogP contribution in [0.5, 0.6) is 0 Å². The van der Waals surface area contributed by atoms with Crippen LogP contribution in [0.3, 0.4) is 0 Å². The summed E-state index contributed by atoms with van der Waals surface area (Å²) in [6.07, 6.45) is 1.70. The molecule has 0 aromatic heterocycles. The van der Waals surface area contributed by atoms with Gasteiger partial charge in [0.2, 0.25) is 11.8 Å². The van der Waals surface area contributed by atoms with E-state index >= 15 is 0 Å². The fourth-order valence-corrected chi connectivity index (χ4v) is 3.30. The van der Waals surface area contributed by atoms with Crippen LogP contribution in [-0.2, 0) is 16.1 Å². The van der Waals surface area contributed by atoms with Gasteiger partial charge in [0.25, 0.3) is 0 Å². The highest BCUT2D eigenvalue weighted by Crippen LogP contribution is 2.28. The van der Waals surface area contributed by atoms with Gasteiger partial charge in [0.1, 0.15) is 12.1 Å². The second-order valence-corrected chi connectivity index (χ2v) is 5.90. The van der Waals surface area contributed by atoms with Gasteiger partial charge in [-0.05, 0) is 37.5 Å². The number of hydrogen-bond acceptors (Lipinski definition) is 2. The van der Waals surface area contributed by atoms with Crippen molar-refractivity contribution in [3.63, 3.8) is 0 Å². The first-order chi connectivity index (χ1) is 9.58. The van der Waals surface area contributed by atoms with Gasteiger partial charge in [-0.25, -0.2) is 0 Å². The lowest BCUT2D eigenvalue weighted by Gasteiger charge is -2.41. The van der Waals surface area contributed by atoms with E-state index in [2.05, 4.69) is 0 Å². The van der Waals surface area contributed by atoms with E-state index in [0.717, 1.165) is 18.4 Å². The molecule has 0 bridgehead atoms. The second-order valence-electron chi connectivity index (χ2n) is 5.46. The van der Waals surface area contributed by atoms with Crippen molar-refractivity contribution in [1.82, 2.24) is 9.80 Å². The van der Waals surface area contributed by atoms with Gasteiger partial charge in [-0.15, -0.1) is 0 Å². The maximum absolute atomic E-state index is 12.6. The normalized spacial score (nSPS) is 26.1. The quantitative estimate of drug-likeness (QED) is 0.837. The molecule has 0 spiro atoms. The summed E-state index contributed by atoms with van der Waals surface area (Å²) < 4.78 is 0. The van der Waals surface area contributed by atoms with Crippen molar-refractivity contribution in [2.24, 2.45) is 0 Å². The van der Waals surface area contributed by atoms with Crippen LogP contribution in [0.2, 0.25) is 5.02 Å². The average molecular weight is 293 g/mol. The molecule has 3 rings (SSSR count). The average Bonchev–Trinajstić information content (AvgIpc) is 2.91. The number of carbonyl (C=O) groups is 2. The van der Waals surface area contributed by atoms with Crippen molar-refractivity contribution in [3.8, 4) is 0 Å². The van der Waals surface area contributed by atoms with E-state index in [1.807, 2.05) is 18.2 Å². The highest BCUT2D eigenvalue weighted by molar-refractivity contribution is 6.30. The standard InChI is InChI=1S/C15H17ClN2O2/c1-10-14(19)17-7-3-6-13(17)15(20)18(10)9-11-4-2-5-12(16)8-11/h2,4-5,8,10,13H,3,6-7,9H2,1H3. The van der Waals surface area contributed by atoms with E-state index in [9.17, 15) is 9.59 Å². The molecule has 5 heteroatoms. The molecule has 2 unspecified atom stereocenters. The predicted octanol–water partition coefficient (Wildman–Crippen LogP) is 2.06. The number of piperazine rings is 1. The van der Waals surface area contributed by atoms with E-state index in [1.165, 1.54) is 0 Å². The third-order valence-electron chi connectivity index (χ3n) is 4.17. The zero-order valence-electron chi connectivity index (χ0n) is 11.4. The summed E-state index contributed by atoms with van der Waals surface area (Å²) in [6.45, 7) is 2.96. The molecular formula is C15H17ClN2O2. The molecule has 2 atom stereocenters. The number of hydrogen-bond donors (Lipinski definition) is 0. The van der Waals surface area contributed by atoms with E-state index in [-0.39, 0.29) is 17.9 Å². The summed E-state index contributed by atoms with van der Waals surface area (Å²) in [5.74, 6) is 0.128. The first-order valence-corrected chi connectivity index (χ1v) is 7.31. The Morgan fingerprint density at radius 1 is 1.30 bits per heavy atom. The van der Waals surface area contributed by atoms with Gasteiger partial charge in [-0.2, -0.15) is 0 Å². The lowest BCUT2D eigenvalue weighted by atomic mass is 10.0. The summed E-state index contributed by atoms with van der Waals surface area (Å²) in [7, 11) is 0. The summed E-state index contributed by atoms with van der Waals surface area (Å²) in [4.78, 5) is 28.3. The maximum atomic E-state index is 12.6. The highest BCUT2D eigenvalue weighted by atomic mass is 35.5. The number of benzene rings is 1. The Morgan fingerprint density at radius 3 is 2.85 bits per heavy atom. The number of amides is 2. The number of carbonyl (C=O) groups excluding carboxylic acids is 2. The SMILES string of the molecule is CC1C(=O)N2CCCC2C(=O)N1Cc1cccc(Cl)c1. The largest absolute Gasteiger partial charge is 0.329 e. The monoisotopic (exact) mass is 292 g/mol. The van der Waals surface area contributed by atoms with Crippen LogP contribution in [0.1, 0.15) is 25.3 Å². The molecule has 1 aromatic carbocycles. The Kier molecular flexibility index (Phi) is 3.42. The Balaban J connectivity index is 1.84. The fraction of sp³-hybridized carbons (Fsp3) is 0.467. The Morgan fingerprint density at radius 2 is 2.10 bits per heavy atom. The fourth-order valence-electron chi connectivity index (χ4n) is 3.09. The third-order valence-corrected chi connectivity index (χ3v) is 4.41. The minimum atomic E-state index is -0.393. The Hall–Kier alpha value is -1.55. The van der Waals surface area contributed by atoms with Crippen LogP contribution in [0.15, 0.2) is 24.3 Å². The molecule has 2 aliphatic rings. The molecule has 4 nitrogen and oxygen atoms in total. The molecule has 2 fully saturated rings. The van der Waals surface area contributed by atoms with Crippen LogP contribution < -0.4 is 0 Å². The summed E-state index contributed by atoms with van der Waals surface area (Å²) in [6, 6.07) is 6.79. The van der Waals surface area contributed by atoms with Gasteiger partial charge in [0.15, 0.2) is 0 Å². The number of nitrogens with zero attached hydrogens (tertiary/aromatic N) is 2. The maximum Gasteiger partial charge on any atom is 0.246 e. The van der Waals surface area contributed by atoms with Gasteiger partial charge < -0.3 is 9.80 Å². The van der Waals surface area contributed by atoms with E-state index in [4.69, 9.17) is 11.6 Å². The number of halogens is 1. The van der Waals surface area contributed by atoms with Crippen LogP contribution in [0.4, 0.5) is 0 Å². The minimum absolute atomic E-state index is 0.0640. The van der Waals surface area contributed by atoms with Crippen LogP contribution >= 0.6 is 11.6 Å². The molecule has 0 N–H and O–H groups in total. The topological polar surface area (TPSA) is 40.6 Å². The molecule has 2 heterocycles. The zero-order valence-corrected chi connectivity index (χ0v) is 12.1. The van der Waals surface area contributed by atoms with Gasteiger partial charge in [0.05, 0.1) is 0 Å². The molecule has 0 saturated carbocycles. The third kappa shape index (κ3) is 2.18. The molecule has 1 aromatic rings. The van der Waals surface area contributed by atoms with Gasteiger partial charge in [0, 0.05) is 18.1 Å². The van der Waals surface area contributed by atoms with Crippen molar-refractivity contribution < 1.29 is 9.59 Å². The van der Waals surface area contributed by atoms with Gasteiger partial charge in [-0.3, -0.25) is 9.59 Å². The molecule has 2 aliphatic heterocycles. The van der Waals surface area contributed by atoms with Crippen molar-refractivity contribution in [2.45, 2.75) is 38.4 Å². The predicted molar refractivity (Wildman–Crippen MR) is 76.2 cm³/mol. The minimum Gasteiger partial charge on any atom is -0.329 e. The lowest BCUT2D eigenvalue weighted by Crippen LogP contribution is -2.61. The smallest absolute Gasteiger partial charge is 0.246 e. The molecule has 2 saturated heterocycles. The van der Waals surface area contributed by atoms with E-state index in [0.29, 0.717) is 18.1 Å². The van der Waals surface area contributed by atoms with E-state index in [1.54, 1.807) is 22.8 Å². The second kappa shape index (κ2) is 5.09. The van der Waals surface area contributed by atoms with Crippen LogP contribution in [0.25, 0.3) is 0 Å². The van der Waals surface area contributed by atoms with Crippen molar-refractivity contribution in [2.75, 3.05) is 6.54 Å². The molecular weight excluding hydrogens is 276 g/mol. The first kappa shape index (κ1) is 13.4. The summed E-state index contributed by atoms with van der Waals surface area (Å²) in [5.41, 5.74) is 0.956. The van der Waals surface area contributed by atoms with Crippen molar-refractivity contribution >= 4 is 23.4 Å². The zero-order chi connectivity index (χ0) is 14.3.